The van der Waals surface area contributed by atoms with E-state index in [0.29, 0.717) is 31.6 Å². The molecule has 0 bridgehead atoms. The number of rotatable bonds is 4. The van der Waals surface area contributed by atoms with Gasteiger partial charge in [0.15, 0.2) is 0 Å². The highest BCUT2D eigenvalue weighted by Crippen LogP contribution is 2.24. The molecule has 2 heterocycles. The van der Waals surface area contributed by atoms with Gasteiger partial charge in [0, 0.05) is 30.6 Å². The van der Waals surface area contributed by atoms with Gasteiger partial charge in [-0.1, -0.05) is 30.3 Å². The SMILES string of the molecule is O=C(Nc1cccc2cccnc12)C1CCN(C(=O)Cc2ccc(F)cc2)CC1. The van der Waals surface area contributed by atoms with Crippen LogP contribution in [0, 0.1) is 11.7 Å². The third-order valence-corrected chi connectivity index (χ3v) is 5.38. The Kier molecular flexibility index (Phi) is 5.51. The summed E-state index contributed by atoms with van der Waals surface area (Å²) in [5.74, 6) is -0.472. The fourth-order valence-electron chi connectivity index (χ4n) is 3.72. The summed E-state index contributed by atoms with van der Waals surface area (Å²) in [6, 6.07) is 15.5. The Morgan fingerprint density at radius 3 is 2.52 bits per heavy atom. The summed E-state index contributed by atoms with van der Waals surface area (Å²) in [5, 5.41) is 3.98. The molecular weight excluding hydrogens is 369 g/mol. The number of hydrogen-bond acceptors (Lipinski definition) is 3. The van der Waals surface area contributed by atoms with Crippen molar-refractivity contribution in [2.75, 3.05) is 18.4 Å². The van der Waals surface area contributed by atoms with Gasteiger partial charge in [0.1, 0.15) is 5.82 Å². The molecule has 6 heteroatoms. The lowest BCUT2D eigenvalue weighted by atomic mass is 9.95. The second-order valence-electron chi connectivity index (χ2n) is 7.33. The summed E-state index contributed by atoms with van der Waals surface area (Å²) in [4.78, 5) is 31.4. The number of halogens is 1. The Labute approximate surface area is 168 Å². The van der Waals surface area contributed by atoms with E-state index in [0.717, 1.165) is 16.5 Å². The van der Waals surface area contributed by atoms with E-state index < -0.39 is 0 Å². The zero-order chi connectivity index (χ0) is 20.2. The topological polar surface area (TPSA) is 62.3 Å². The van der Waals surface area contributed by atoms with Gasteiger partial charge in [0.2, 0.25) is 11.8 Å². The smallest absolute Gasteiger partial charge is 0.227 e. The summed E-state index contributed by atoms with van der Waals surface area (Å²) < 4.78 is 13.0. The largest absolute Gasteiger partial charge is 0.342 e. The summed E-state index contributed by atoms with van der Waals surface area (Å²) in [6.45, 7) is 1.10. The van der Waals surface area contributed by atoms with Crippen LogP contribution in [0.1, 0.15) is 18.4 Å². The van der Waals surface area contributed by atoms with E-state index in [4.69, 9.17) is 0 Å². The lowest BCUT2D eigenvalue weighted by Crippen LogP contribution is -2.42. The number of carbonyl (C=O) groups is 2. The fourth-order valence-corrected chi connectivity index (χ4v) is 3.72. The molecule has 1 aliphatic heterocycles. The minimum atomic E-state index is -0.311. The Hall–Kier alpha value is -3.28. The highest BCUT2D eigenvalue weighted by Gasteiger charge is 2.27. The van der Waals surface area contributed by atoms with Gasteiger partial charge in [-0.15, -0.1) is 0 Å². The molecule has 1 N–H and O–H groups in total. The summed E-state index contributed by atoms with van der Waals surface area (Å²) in [6.07, 6.45) is 3.21. The maximum Gasteiger partial charge on any atom is 0.227 e. The summed E-state index contributed by atoms with van der Waals surface area (Å²) in [5.41, 5.74) is 2.28. The number of aromatic nitrogens is 1. The number of anilines is 1. The van der Waals surface area contributed by atoms with Gasteiger partial charge >= 0.3 is 0 Å². The second kappa shape index (κ2) is 8.39. The molecule has 0 saturated carbocycles. The number of likely N-dealkylation sites (tertiary alicyclic amines) is 1. The van der Waals surface area contributed by atoms with Crippen LogP contribution in [0.15, 0.2) is 60.8 Å². The number of pyridine rings is 1. The number of benzene rings is 2. The van der Waals surface area contributed by atoms with Gasteiger partial charge in [0.05, 0.1) is 17.6 Å². The van der Waals surface area contributed by atoms with E-state index in [-0.39, 0.29) is 30.0 Å². The molecule has 1 saturated heterocycles. The molecule has 29 heavy (non-hydrogen) atoms. The minimum Gasteiger partial charge on any atom is -0.342 e. The van der Waals surface area contributed by atoms with Crippen molar-refractivity contribution in [3.63, 3.8) is 0 Å². The normalized spacial score (nSPS) is 14.7. The van der Waals surface area contributed by atoms with E-state index in [9.17, 15) is 14.0 Å². The summed E-state index contributed by atoms with van der Waals surface area (Å²) >= 11 is 0. The molecule has 0 atom stereocenters. The predicted molar refractivity (Wildman–Crippen MR) is 110 cm³/mol. The zero-order valence-corrected chi connectivity index (χ0v) is 16.0. The molecule has 4 rings (SSSR count). The number of carbonyl (C=O) groups excluding carboxylic acids is 2. The van der Waals surface area contributed by atoms with Crippen molar-refractivity contribution in [3.8, 4) is 0 Å². The van der Waals surface area contributed by atoms with Gasteiger partial charge in [-0.25, -0.2) is 4.39 Å². The molecule has 3 aromatic rings. The average molecular weight is 391 g/mol. The van der Waals surface area contributed by atoms with Crippen LogP contribution in [0.5, 0.6) is 0 Å². The number of nitrogens with zero attached hydrogens (tertiary/aromatic N) is 2. The van der Waals surface area contributed by atoms with Gasteiger partial charge in [-0.2, -0.15) is 0 Å². The van der Waals surface area contributed by atoms with E-state index in [2.05, 4.69) is 10.3 Å². The first-order valence-electron chi connectivity index (χ1n) is 9.77. The third-order valence-electron chi connectivity index (χ3n) is 5.38. The molecule has 1 fully saturated rings. The fraction of sp³-hybridized carbons (Fsp3) is 0.261. The predicted octanol–water partition coefficient (Wildman–Crippen LogP) is 3.79. The zero-order valence-electron chi connectivity index (χ0n) is 16.0. The monoisotopic (exact) mass is 391 g/mol. The van der Waals surface area contributed by atoms with Crippen LogP contribution in [0.3, 0.4) is 0 Å². The van der Waals surface area contributed by atoms with Crippen molar-refractivity contribution in [2.45, 2.75) is 19.3 Å². The van der Waals surface area contributed by atoms with Crippen LogP contribution in [0.25, 0.3) is 10.9 Å². The highest BCUT2D eigenvalue weighted by molar-refractivity contribution is 6.01. The van der Waals surface area contributed by atoms with Gasteiger partial charge in [-0.05, 0) is 42.7 Å². The van der Waals surface area contributed by atoms with E-state index in [1.807, 2.05) is 30.3 Å². The number of amides is 2. The number of hydrogen-bond donors (Lipinski definition) is 1. The van der Waals surface area contributed by atoms with Crippen molar-refractivity contribution >= 4 is 28.4 Å². The van der Waals surface area contributed by atoms with Crippen molar-refractivity contribution in [3.05, 3.63) is 72.2 Å². The first-order valence-corrected chi connectivity index (χ1v) is 9.77. The standard InChI is InChI=1S/C23H22FN3O2/c24-19-8-6-16(7-9-19)15-21(28)27-13-10-18(11-14-27)23(29)26-20-5-1-3-17-4-2-12-25-22(17)20/h1-9,12,18H,10-11,13-15H2,(H,26,29). The number of para-hydroxylation sites is 1. The maximum atomic E-state index is 13.0. The van der Waals surface area contributed by atoms with E-state index in [1.165, 1.54) is 12.1 Å². The Morgan fingerprint density at radius 2 is 1.76 bits per heavy atom. The molecule has 0 spiro atoms. The van der Waals surface area contributed by atoms with Gasteiger partial charge in [-0.3, -0.25) is 14.6 Å². The average Bonchev–Trinajstić information content (AvgIpc) is 2.75. The Morgan fingerprint density at radius 1 is 1.03 bits per heavy atom. The quantitative estimate of drug-likeness (QED) is 0.736. The third kappa shape index (κ3) is 4.42. The number of fused-ring (bicyclic) bond motifs is 1. The van der Waals surface area contributed by atoms with Crippen LogP contribution in [0.4, 0.5) is 10.1 Å². The van der Waals surface area contributed by atoms with Crippen molar-refractivity contribution in [1.29, 1.82) is 0 Å². The Bertz CT molecular complexity index is 1020. The molecule has 1 aromatic heterocycles. The molecule has 0 radical (unpaired) electrons. The molecule has 0 unspecified atom stereocenters. The van der Waals surface area contributed by atoms with Crippen LogP contribution in [0.2, 0.25) is 0 Å². The lowest BCUT2D eigenvalue weighted by molar-refractivity contribution is -0.133. The molecule has 1 aliphatic rings. The van der Waals surface area contributed by atoms with E-state index in [1.54, 1.807) is 23.2 Å². The highest BCUT2D eigenvalue weighted by atomic mass is 19.1. The van der Waals surface area contributed by atoms with Crippen LogP contribution < -0.4 is 5.32 Å². The summed E-state index contributed by atoms with van der Waals surface area (Å²) in [7, 11) is 0. The van der Waals surface area contributed by atoms with Crippen LogP contribution >= 0.6 is 0 Å². The molecule has 148 valence electrons. The minimum absolute atomic E-state index is 0.00807. The second-order valence-corrected chi connectivity index (χ2v) is 7.33. The maximum absolute atomic E-state index is 13.0. The molecule has 2 amide bonds. The molecule has 5 nitrogen and oxygen atoms in total. The lowest BCUT2D eigenvalue weighted by Gasteiger charge is -2.31. The van der Waals surface area contributed by atoms with Crippen molar-refractivity contribution in [1.82, 2.24) is 9.88 Å². The van der Waals surface area contributed by atoms with Crippen molar-refractivity contribution < 1.29 is 14.0 Å². The first-order chi connectivity index (χ1) is 14.1. The van der Waals surface area contributed by atoms with E-state index >= 15 is 0 Å². The van der Waals surface area contributed by atoms with Gasteiger partial charge < -0.3 is 10.2 Å². The van der Waals surface area contributed by atoms with Gasteiger partial charge in [0.25, 0.3) is 0 Å². The number of piperidine rings is 1. The van der Waals surface area contributed by atoms with Crippen molar-refractivity contribution in [2.24, 2.45) is 5.92 Å². The molecule has 0 aliphatic carbocycles. The first kappa shape index (κ1) is 19.1. The van der Waals surface area contributed by atoms with Crippen LogP contribution in [-0.4, -0.2) is 34.8 Å². The Balaban J connectivity index is 1.33. The molecular formula is C23H22FN3O2. The number of nitrogens with one attached hydrogen (secondary N) is 1. The molecule has 2 aromatic carbocycles. The van der Waals surface area contributed by atoms with Crippen LogP contribution in [-0.2, 0) is 16.0 Å².